The Kier molecular flexibility index (Phi) is 6.90. The largest absolute Gasteiger partial charge is 0.340 e. The summed E-state index contributed by atoms with van der Waals surface area (Å²) in [5.41, 5.74) is 1.13. The van der Waals surface area contributed by atoms with Crippen molar-refractivity contribution in [3.8, 4) is 0 Å². The van der Waals surface area contributed by atoms with Gasteiger partial charge in [-0.1, -0.05) is 12.1 Å². The van der Waals surface area contributed by atoms with Crippen LogP contribution in [0.5, 0.6) is 0 Å². The van der Waals surface area contributed by atoms with Crippen LogP contribution in [-0.2, 0) is 11.3 Å². The number of thioether (sulfide) groups is 2. The molecule has 5 nitrogen and oxygen atoms in total. The Balaban J connectivity index is 1.94. The van der Waals surface area contributed by atoms with Crippen LogP contribution in [0.1, 0.15) is 12.5 Å². The Morgan fingerprint density at radius 2 is 1.68 bits per heavy atom. The number of hydrogen-bond donors (Lipinski definition) is 0. The summed E-state index contributed by atoms with van der Waals surface area (Å²) in [5.74, 6) is 0.0253. The molecule has 0 spiro atoms. The number of nitrogens with zero attached hydrogens (tertiary/aromatic N) is 2. The highest BCUT2D eigenvalue weighted by Gasteiger charge is 2.19. The Morgan fingerprint density at radius 3 is 2.20 bits per heavy atom. The van der Waals surface area contributed by atoms with Gasteiger partial charge in [-0.2, -0.15) is 0 Å². The van der Waals surface area contributed by atoms with Crippen LogP contribution in [0, 0.1) is 10.1 Å². The standard InChI is InChI=1S/C18H20N2O3S2/c1-13(25-17-10-6-15(7-11-17)20(22)23)18(21)19(2)12-14-4-8-16(24-3)9-5-14/h4-11,13H,12H2,1-3H3. The number of hydrogen-bond acceptors (Lipinski definition) is 5. The van der Waals surface area contributed by atoms with Gasteiger partial charge >= 0.3 is 0 Å². The third-order valence-corrected chi connectivity index (χ3v) is 5.51. The lowest BCUT2D eigenvalue weighted by Gasteiger charge is -2.21. The smallest absolute Gasteiger partial charge is 0.269 e. The van der Waals surface area contributed by atoms with Crippen LogP contribution in [-0.4, -0.2) is 34.3 Å². The van der Waals surface area contributed by atoms with E-state index in [4.69, 9.17) is 0 Å². The molecule has 25 heavy (non-hydrogen) atoms. The molecule has 2 aromatic rings. The van der Waals surface area contributed by atoms with Gasteiger partial charge in [0.15, 0.2) is 0 Å². The maximum Gasteiger partial charge on any atom is 0.269 e. The minimum Gasteiger partial charge on any atom is -0.340 e. The molecule has 0 aliphatic carbocycles. The molecular formula is C18H20N2O3S2. The van der Waals surface area contributed by atoms with Crippen molar-refractivity contribution in [1.82, 2.24) is 4.90 Å². The van der Waals surface area contributed by atoms with E-state index in [0.717, 1.165) is 10.5 Å². The van der Waals surface area contributed by atoms with Crippen molar-refractivity contribution < 1.29 is 9.72 Å². The van der Waals surface area contributed by atoms with Crippen LogP contribution in [0.4, 0.5) is 5.69 Å². The lowest BCUT2D eigenvalue weighted by Crippen LogP contribution is -2.32. The Labute approximate surface area is 155 Å². The first-order chi connectivity index (χ1) is 11.9. The fourth-order valence-corrected chi connectivity index (χ4v) is 3.68. The van der Waals surface area contributed by atoms with E-state index >= 15 is 0 Å². The molecule has 2 aromatic carbocycles. The first kappa shape index (κ1) is 19.3. The molecule has 1 amide bonds. The van der Waals surface area contributed by atoms with Gasteiger partial charge in [-0.05, 0) is 43.0 Å². The summed E-state index contributed by atoms with van der Waals surface area (Å²) < 4.78 is 0. The topological polar surface area (TPSA) is 63.5 Å². The summed E-state index contributed by atoms with van der Waals surface area (Å²) >= 11 is 3.09. The predicted molar refractivity (Wildman–Crippen MR) is 103 cm³/mol. The summed E-state index contributed by atoms with van der Waals surface area (Å²) in [4.78, 5) is 26.5. The second-order valence-corrected chi connectivity index (χ2v) is 7.85. The molecule has 0 aliphatic rings. The number of nitro benzene ring substituents is 1. The number of amides is 1. The van der Waals surface area contributed by atoms with Crippen molar-refractivity contribution in [2.24, 2.45) is 0 Å². The summed E-state index contributed by atoms with van der Waals surface area (Å²) in [6, 6.07) is 14.4. The fourth-order valence-electron chi connectivity index (χ4n) is 2.29. The highest BCUT2D eigenvalue weighted by Crippen LogP contribution is 2.26. The van der Waals surface area contributed by atoms with Crippen LogP contribution >= 0.6 is 23.5 Å². The predicted octanol–water partition coefficient (Wildman–Crippen LogP) is 4.46. The molecule has 0 fully saturated rings. The molecule has 0 bridgehead atoms. The Bertz CT molecular complexity index is 733. The van der Waals surface area contributed by atoms with Crippen molar-refractivity contribution >= 4 is 35.1 Å². The van der Waals surface area contributed by atoms with Gasteiger partial charge in [0.05, 0.1) is 10.2 Å². The van der Waals surface area contributed by atoms with Gasteiger partial charge in [-0.15, -0.1) is 23.5 Å². The van der Waals surface area contributed by atoms with Gasteiger partial charge in [0, 0.05) is 35.5 Å². The molecule has 2 rings (SSSR count). The zero-order chi connectivity index (χ0) is 18.4. The third-order valence-electron chi connectivity index (χ3n) is 3.66. The van der Waals surface area contributed by atoms with Gasteiger partial charge in [0.1, 0.15) is 0 Å². The van der Waals surface area contributed by atoms with Crippen molar-refractivity contribution in [2.75, 3.05) is 13.3 Å². The van der Waals surface area contributed by atoms with E-state index in [2.05, 4.69) is 0 Å². The SMILES string of the molecule is CSc1ccc(CN(C)C(=O)C(C)Sc2ccc([N+](=O)[O-])cc2)cc1. The molecular weight excluding hydrogens is 356 g/mol. The molecule has 7 heteroatoms. The molecule has 0 saturated carbocycles. The van der Waals surface area contributed by atoms with E-state index in [1.54, 1.807) is 35.8 Å². The second kappa shape index (κ2) is 8.92. The number of rotatable bonds is 7. The molecule has 0 aliphatic heterocycles. The summed E-state index contributed by atoms with van der Waals surface area (Å²) in [7, 11) is 1.79. The van der Waals surface area contributed by atoms with E-state index in [1.807, 2.05) is 37.4 Å². The molecule has 0 N–H and O–H groups in total. The molecule has 0 radical (unpaired) electrons. The minimum absolute atomic E-state index is 0.0253. The lowest BCUT2D eigenvalue weighted by atomic mass is 10.2. The van der Waals surface area contributed by atoms with Gasteiger partial charge < -0.3 is 4.90 Å². The van der Waals surface area contributed by atoms with Crippen LogP contribution in [0.3, 0.4) is 0 Å². The van der Waals surface area contributed by atoms with Gasteiger partial charge in [0.25, 0.3) is 5.69 Å². The maximum atomic E-state index is 12.5. The molecule has 1 atom stereocenters. The number of carbonyl (C=O) groups excluding carboxylic acids is 1. The highest BCUT2D eigenvalue weighted by atomic mass is 32.2. The summed E-state index contributed by atoms with van der Waals surface area (Å²) in [5, 5.41) is 10.4. The minimum atomic E-state index is -0.431. The number of non-ortho nitro benzene ring substituents is 1. The number of carbonyl (C=O) groups is 1. The zero-order valence-corrected chi connectivity index (χ0v) is 16.0. The molecule has 0 saturated heterocycles. The Hall–Kier alpha value is -1.99. The van der Waals surface area contributed by atoms with E-state index < -0.39 is 4.92 Å². The normalized spacial score (nSPS) is 11.8. The van der Waals surface area contributed by atoms with Gasteiger partial charge in [-0.25, -0.2) is 0 Å². The maximum absolute atomic E-state index is 12.5. The van der Waals surface area contributed by atoms with Gasteiger partial charge in [-0.3, -0.25) is 14.9 Å². The third kappa shape index (κ3) is 5.51. The number of nitro groups is 1. The first-order valence-corrected chi connectivity index (χ1v) is 9.80. The first-order valence-electron chi connectivity index (χ1n) is 7.69. The second-order valence-electron chi connectivity index (χ2n) is 5.55. The van der Waals surface area contributed by atoms with E-state index in [0.29, 0.717) is 6.54 Å². The van der Waals surface area contributed by atoms with Crippen LogP contribution in [0.2, 0.25) is 0 Å². The van der Waals surface area contributed by atoms with Crippen molar-refractivity contribution in [2.45, 2.75) is 28.5 Å². The quantitative estimate of drug-likeness (QED) is 0.406. The molecule has 0 aromatic heterocycles. The van der Waals surface area contributed by atoms with E-state index in [9.17, 15) is 14.9 Å². The van der Waals surface area contributed by atoms with Crippen LogP contribution < -0.4 is 0 Å². The average Bonchev–Trinajstić information content (AvgIpc) is 2.62. The van der Waals surface area contributed by atoms with Gasteiger partial charge in [0.2, 0.25) is 5.91 Å². The van der Waals surface area contributed by atoms with Crippen molar-refractivity contribution in [3.63, 3.8) is 0 Å². The fraction of sp³-hybridized carbons (Fsp3) is 0.278. The summed E-state index contributed by atoms with van der Waals surface area (Å²) in [6.07, 6.45) is 2.03. The Morgan fingerprint density at radius 1 is 1.12 bits per heavy atom. The van der Waals surface area contributed by atoms with Crippen molar-refractivity contribution in [1.29, 1.82) is 0 Å². The van der Waals surface area contributed by atoms with E-state index in [1.165, 1.54) is 28.8 Å². The highest BCUT2D eigenvalue weighted by molar-refractivity contribution is 8.00. The van der Waals surface area contributed by atoms with Crippen LogP contribution in [0.15, 0.2) is 58.3 Å². The molecule has 1 unspecified atom stereocenters. The van der Waals surface area contributed by atoms with Crippen molar-refractivity contribution in [3.05, 3.63) is 64.2 Å². The number of benzene rings is 2. The van der Waals surface area contributed by atoms with Crippen LogP contribution in [0.25, 0.3) is 0 Å². The monoisotopic (exact) mass is 376 g/mol. The molecule has 132 valence electrons. The molecule has 0 heterocycles. The zero-order valence-electron chi connectivity index (χ0n) is 14.3. The lowest BCUT2D eigenvalue weighted by molar-refractivity contribution is -0.384. The summed E-state index contributed by atoms with van der Waals surface area (Å²) in [6.45, 7) is 2.40. The van der Waals surface area contributed by atoms with E-state index in [-0.39, 0.29) is 16.8 Å². The average molecular weight is 377 g/mol.